The van der Waals surface area contributed by atoms with Crippen molar-refractivity contribution in [3.63, 3.8) is 0 Å². The minimum absolute atomic E-state index is 0.147. The quantitative estimate of drug-likeness (QED) is 0.729. The van der Waals surface area contributed by atoms with Crippen LogP contribution >= 0.6 is 0 Å². The average molecular weight is 221 g/mol. The van der Waals surface area contributed by atoms with E-state index in [1.807, 2.05) is 45.0 Å². The van der Waals surface area contributed by atoms with Crippen LogP contribution in [0.15, 0.2) is 12.1 Å². The van der Waals surface area contributed by atoms with Gasteiger partial charge in [-0.1, -0.05) is 0 Å². The van der Waals surface area contributed by atoms with Gasteiger partial charge in [0.05, 0.1) is 13.7 Å². The number of benzene rings is 1. The highest BCUT2D eigenvalue weighted by Gasteiger charge is 2.12. The van der Waals surface area contributed by atoms with Gasteiger partial charge in [0.15, 0.2) is 5.78 Å². The SMILES string of the molecule is COc1cc(C)c(C(=O)CN(C)C)cc1C. The summed E-state index contributed by atoms with van der Waals surface area (Å²) in [6, 6.07) is 3.82. The Labute approximate surface area is 97.0 Å². The second-order valence-corrected chi connectivity index (χ2v) is 4.30. The molecular formula is C13H19NO2. The molecule has 0 heterocycles. The number of ether oxygens (including phenoxy) is 1. The van der Waals surface area contributed by atoms with Gasteiger partial charge in [0.1, 0.15) is 5.75 Å². The van der Waals surface area contributed by atoms with Crippen molar-refractivity contribution in [2.45, 2.75) is 13.8 Å². The molecule has 0 fully saturated rings. The van der Waals surface area contributed by atoms with Crippen LogP contribution in [0.25, 0.3) is 0 Å². The lowest BCUT2D eigenvalue weighted by atomic mass is 10.0. The molecule has 3 heteroatoms. The second-order valence-electron chi connectivity index (χ2n) is 4.30. The molecule has 0 saturated carbocycles. The number of carbonyl (C=O) groups excluding carboxylic acids is 1. The molecule has 1 aromatic carbocycles. The van der Waals surface area contributed by atoms with Crippen LogP contribution < -0.4 is 4.74 Å². The summed E-state index contributed by atoms with van der Waals surface area (Å²) in [4.78, 5) is 13.8. The molecule has 0 bridgehead atoms. The number of hydrogen-bond acceptors (Lipinski definition) is 3. The van der Waals surface area contributed by atoms with Gasteiger partial charge in [-0.05, 0) is 51.2 Å². The first-order valence-electron chi connectivity index (χ1n) is 5.29. The normalized spacial score (nSPS) is 10.6. The Balaban J connectivity index is 3.06. The maximum absolute atomic E-state index is 11.9. The molecule has 1 aromatic rings. The Bertz CT molecular complexity index is 397. The summed E-state index contributed by atoms with van der Waals surface area (Å²) >= 11 is 0. The second kappa shape index (κ2) is 5.12. The third kappa shape index (κ3) is 2.83. The topological polar surface area (TPSA) is 29.5 Å². The smallest absolute Gasteiger partial charge is 0.177 e. The summed E-state index contributed by atoms with van der Waals surface area (Å²) in [6.45, 7) is 4.32. The van der Waals surface area contributed by atoms with Crippen molar-refractivity contribution < 1.29 is 9.53 Å². The molecule has 0 aromatic heterocycles. The summed E-state index contributed by atoms with van der Waals surface area (Å²) in [6.07, 6.45) is 0. The largest absolute Gasteiger partial charge is 0.496 e. The Morgan fingerprint density at radius 1 is 1.25 bits per heavy atom. The molecule has 0 atom stereocenters. The predicted molar refractivity (Wildman–Crippen MR) is 65.4 cm³/mol. The molecule has 0 N–H and O–H groups in total. The molecule has 0 aliphatic carbocycles. The minimum atomic E-state index is 0.147. The standard InChI is InChI=1S/C13H19NO2/c1-9-7-13(16-5)10(2)6-11(9)12(15)8-14(3)4/h6-7H,8H2,1-5H3. The van der Waals surface area contributed by atoms with Crippen molar-refractivity contribution in [1.82, 2.24) is 4.90 Å². The zero-order valence-corrected chi connectivity index (χ0v) is 10.6. The number of nitrogens with zero attached hydrogens (tertiary/aromatic N) is 1. The molecule has 3 nitrogen and oxygen atoms in total. The van der Waals surface area contributed by atoms with Crippen LogP contribution in [0.4, 0.5) is 0 Å². The van der Waals surface area contributed by atoms with Crippen molar-refractivity contribution in [3.8, 4) is 5.75 Å². The molecule has 0 radical (unpaired) electrons. The van der Waals surface area contributed by atoms with E-state index in [9.17, 15) is 4.79 Å². The number of Topliss-reactive ketones (excluding diaryl/α,β-unsaturated/α-hetero) is 1. The van der Waals surface area contributed by atoms with Crippen LogP contribution in [0, 0.1) is 13.8 Å². The van der Waals surface area contributed by atoms with Crippen LogP contribution in [0.2, 0.25) is 0 Å². The Kier molecular flexibility index (Phi) is 4.07. The van der Waals surface area contributed by atoms with Crippen molar-refractivity contribution in [2.24, 2.45) is 0 Å². The Hall–Kier alpha value is -1.35. The van der Waals surface area contributed by atoms with Gasteiger partial charge in [-0.15, -0.1) is 0 Å². The van der Waals surface area contributed by atoms with E-state index in [1.54, 1.807) is 7.11 Å². The van der Waals surface area contributed by atoms with Gasteiger partial charge in [0.2, 0.25) is 0 Å². The first-order chi connectivity index (χ1) is 7.45. The highest BCUT2D eigenvalue weighted by atomic mass is 16.5. The van der Waals surface area contributed by atoms with Gasteiger partial charge < -0.3 is 9.64 Å². The van der Waals surface area contributed by atoms with Gasteiger partial charge >= 0.3 is 0 Å². The highest BCUT2D eigenvalue weighted by Crippen LogP contribution is 2.22. The number of aryl methyl sites for hydroxylation is 2. The zero-order valence-electron chi connectivity index (χ0n) is 10.6. The number of ketones is 1. The molecule has 16 heavy (non-hydrogen) atoms. The maximum atomic E-state index is 11.9. The first kappa shape index (κ1) is 12.7. The molecule has 0 unspecified atom stereocenters. The van der Waals surface area contributed by atoms with E-state index in [0.29, 0.717) is 6.54 Å². The zero-order chi connectivity index (χ0) is 12.3. The molecule has 0 aliphatic rings. The summed E-state index contributed by atoms with van der Waals surface area (Å²) in [7, 11) is 5.43. The summed E-state index contributed by atoms with van der Waals surface area (Å²) in [5.41, 5.74) is 2.75. The fourth-order valence-corrected chi connectivity index (χ4v) is 1.68. The summed E-state index contributed by atoms with van der Waals surface area (Å²) in [5, 5.41) is 0. The Morgan fingerprint density at radius 2 is 1.88 bits per heavy atom. The monoisotopic (exact) mass is 221 g/mol. The fraction of sp³-hybridized carbons (Fsp3) is 0.462. The number of hydrogen-bond donors (Lipinski definition) is 0. The molecule has 0 saturated heterocycles. The lowest BCUT2D eigenvalue weighted by Crippen LogP contribution is -2.22. The van der Waals surface area contributed by atoms with Crippen molar-refractivity contribution in [3.05, 3.63) is 28.8 Å². The lowest BCUT2D eigenvalue weighted by Gasteiger charge is -2.13. The van der Waals surface area contributed by atoms with Gasteiger partial charge in [-0.25, -0.2) is 0 Å². The average Bonchev–Trinajstić information content (AvgIpc) is 2.19. The van der Waals surface area contributed by atoms with Gasteiger partial charge in [0.25, 0.3) is 0 Å². The van der Waals surface area contributed by atoms with Gasteiger partial charge in [0, 0.05) is 5.56 Å². The van der Waals surface area contributed by atoms with E-state index in [2.05, 4.69) is 0 Å². The van der Waals surface area contributed by atoms with E-state index in [1.165, 1.54) is 0 Å². The van der Waals surface area contributed by atoms with E-state index < -0.39 is 0 Å². The van der Waals surface area contributed by atoms with Crippen LogP contribution in [0.3, 0.4) is 0 Å². The first-order valence-corrected chi connectivity index (χ1v) is 5.29. The molecular weight excluding hydrogens is 202 g/mol. The van der Waals surface area contributed by atoms with Crippen LogP contribution in [-0.4, -0.2) is 38.4 Å². The molecule has 0 amide bonds. The van der Waals surface area contributed by atoms with Crippen molar-refractivity contribution in [2.75, 3.05) is 27.7 Å². The summed E-state index contributed by atoms with van der Waals surface area (Å²) in [5.74, 6) is 0.979. The molecule has 1 rings (SSSR count). The van der Waals surface area contributed by atoms with E-state index in [-0.39, 0.29) is 5.78 Å². The van der Waals surface area contributed by atoms with Crippen LogP contribution in [0.5, 0.6) is 5.75 Å². The van der Waals surface area contributed by atoms with Gasteiger partial charge in [-0.3, -0.25) is 4.79 Å². The Morgan fingerprint density at radius 3 is 2.38 bits per heavy atom. The van der Waals surface area contributed by atoms with Crippen molar-refractivity contribution >= 4 is 5.78 Å². The number of likely N-dealkylation sites (N-methyl/N-ethyl adjacent to an activating group) is 1. The highest BCUT2D eigenvalue weighted by molar-refractivity contribution is 5.99. The molecule has 0 spiro atoms. The third-order valence-electron chi connectivity index (χ3n) is 2.50. The van der Waals surface area contributed by atoms with Crippen LogP contribution in [0.1, 0.15) is 21.5 Å². The van der Waals surface area contributed by atoms with E-state index in [0.717, 1.165) is 22.4 Å². The summed E-state index contributed by atoms with van der Waals surface area (Å²) < 4.78 is 5.22. The van der Waals surface area contributed by atoms with E-state index in [4.69, 9.17) is 4.74 Å². The van der Waals surface area contributed by atoms with Crippen molar-refractivity contribution in [1.29, 1.82) is 0 Å². The molecule has 0 aliphatic heterocycles. The third-order valence-corrected chi connectivity index (χ3v) is 2.50. The lowest BCUT2D eigenvalue weighted by molar-refractivity contribution is 0.0957. The van der Waals surface area contributed by atoms with Crippen LogP contribution in [-0.2, 0) is 0 Å². The maximum Gasteiger partial charge on any atom is 0.177 e. The fourth-order valence-electron chi connectivity index (χ4n) is 1.68. The molecule has 88 valence electrons. The number of methoxy groups -OCH3 is 1. The van der Waals surface area contributed by atoms with Gasteiger partial charge in [-0.2, -0.15) is 0 Å². The minimum Gasteiger partial charge on any atom is -0.496 e. The number of rotatable bonds is 4. The predicted octanol–water partition coefficient (Wildman–Crippen LogP) is 2.06. The van der Waals surface area contributed by atoms with E-state index >= 15 is 0 Å². The number of carbonyl (C=O) groups is 1.